The van der Waals surface area contributed by atoms with E-state index in [1.54, 1.807) is 24.3 Å². The Bertz CT molecular complexity index is 1500. The SMILES string of the molecule is Cc1cccc(N2C(=O)NC(=O)/C(=C\c3cn(Cc4ccccc4C)c4ccccc34)C2=O)c1. The van der Waals surface area contributed by atoms with Crippen LogP contribution in [0, 0.1) is 13.8 Å². The second kappa shape index (κ2) is 8.48. The van der Waals surface area contributed by atoms with E-state index in [0.29, 0.717) is 12.2 Å². The van der Waals surface area contributed by atoms with E-state index in [1.165, 1.54) is 11.1 Å². The van der Waals surface area contributed by atoms with Gasteiger partial charge in [-0.15, -0.1) is 0 Å². The zero-order valence-electron chi connectivity index (χ0n) is 18.9. The summed E-state index contributed by atoms with van der Waals surface area (Å²) in [5, 5.41) is 3.22. The van der Waals surface area contributed by atoms with Crippen LogP contribution in [0.1, 0.15) is 22.3 Å². The van der Waals surface area contributed by atoms with E-state index in [-0.39, 0.29) is 5.57 Å². The Labute approximate surface area is 197 Å². The molecule has 34 heavy (non-hydrogen) atoms. The lowest BCUT2D eigenvalue weighted by Gasteiger charge is -2.26. The largest absolute Gasteiger partial charge is 0.342 e. The third-order valence-electron chi connectivity index (χ3n) is 6.08. The molecule has 1 aliphatic heterocycles. The molecule has 0 atom stereocenters. The molecule has 6 nitrogen and oxygen atoms in total. The average molecular weight is 450 g/mol. The third kappa shape index (κ3) is 3.79. The zero-order valence-corrected chi connectivity index (χ0v) is 18.9. The summed E-state index contributed by atoms with van der Waals surface area (Å²) >= 11 is 0. The van der Waals surface area contributed by atoms with Crippen molar-refractivity contribution < 1.29 is 14.4 Å². The van der Waals surface area contributed by atoms with Crippen molar-refractivity contribution in [3.05, 3.63) is 107 Å². The van der Waals surface area contributed by atoms with E-state index in [4.69, 9.17) is 0 Å². The number of imide groups is 2. The molecule has 1 aliphatic rings. The maximum absolute atomic E-state index is 13.3. The Hall–Kier alpha value is -4.45. The first-order chi connectivity index (χ1) is 16.4. The van der Waals surface area contributed by atoms with Crippen LogP contribution < -0.4 is 10.2 Å². The lowest BCUT2D eigenvalue weighted by atomic mass is 10.1. The van der Waals surface area contributed by atoms with Gasteiger partial charge in [0.1, 0.15) is 5.57 Å². The van der Waals surface area contributed by atoms with Crippen LogP contribution in [0.5, 0.6) is 0 Å². The van der Waals surface area contributed by atoms with Gasteiger partial charge < -0.3 is 4.57 Å². The topological polar surface area (TPSA) is 71.4 Å². The summed E-state index contributed by atoms with van der Waals surface area (Å²) in [6.07, 6.45) is 3.52. The van der Waals surface area contributed by atoms with Crippen molar-refractivity contribution in [2.24, 2.45) is 0 Å². The smallest absolute Gasteiger partial charge is 0.335 e. The van der Waals surface area contributed by atoms with Crippen LogP contribution in [0.4, 0.5) is 10.5 Å². The number of urea groups is 1. The Kier molecular flexibility index (Phi) is 5.34. The normalized spacial score (nSPS) is 15.3. The Balaban J connectivity index is 1.58. The van der Waals surface area contributed by atoms with Crippen LogP contribution in [0.2, 0.25) is 0 Å². The molecule has 4 amide bonds. The van der Waals surface area contributed by atoms with E-state index >= 15 is 0 Å². The molecule has 1 N–H and O–H groups in total. The minimum atomic E-state index is -0.750. The quantitative estimate of drug-likeness (QED) is 0.353. The van der Waals surface area contributed by atoms with Gasteiger partial charge in [0.25, 0.3) is 11.8 Å². The first-order valence-electron chi connectivity index (χ1n) is 11.0. The van der Waals surface area contributed by atoms with Crippen molar-refractivity contribution in [2.75, 3.05) is 4.90 Å². The van der Waals surface area contributed by atoms with Gasteiger partial charge in [0.15, 0.2) is 0 Å². The van der Waals surface area contributed by atoms with Crippen molar-refractivity contribution in [2.45, 2.75) is 20.4 Å². The average Bonchev–Trinajstić information content (AvgIpc) is 3.15. The molecule has 0 saturated carbocycles. The number of hydrogen-bond acceptors (Lipinski definition) is 3. The number of anilines is 1. The highest BCUT2D eigenvalue weighted by molar-refractivity contribution is 6.39. The summed E-state index contributed by atoms with van der Waals surface area (Å²) in [5.74, 6) is -1.34. The van der Waals surface area contributed by atoms with Crippen LogP contribution in [0.3, 0.4) is 0 Å². The number of para-hydroxylation sites is 1. The molecule has 6 heteroatoms. The van der Waals surface area contributed by atoms with Crippen LogP contribution in [-0.4, -0.2) is 22.4 Å². The first kappa shape index (κ1) is 21.4. The fraction of sp³-hybridized carbons (Fsp3) is 0.107. The number of nitrogens with one attached hydrogen (secondary N) is 1. The highest BCUT2D eigenvalue weighted by Gasteiger charge is 2.37. The van der Waals surface area contributed by atoms with E-state index in [0.717, 1.165) is 26.9 Å². The fourth-order valence-corrected chi connectivity index (χ4v) is 4.31. The number of carbonyl (C=O) groups excluding carboxylic acids is 3. The van der Waals surface area contributed by atoms with Gasteiger partial charge in [-0.25, -0.2) is 9.69 Å². The monoisotopic (exact) mass is 449 g/mol. The van der Waals surface area contributed by atoms with Crippen LogP contribution in [0.25, 0.3) is 17.0 Å². The molecule has 5 rings (SSSR count). The first-order valence-corrected chi connectivity index (χ1v) is 11.0. The minimum absolute atomic E-state index is 0.0834. The summed E-state index contributed by atoms with van der Waals surface area (Å²) in [4.78, 5) is 39.5. The van der Waals surface area contributed by atoms with Gasteiger partial charge in [-0.3, -0.25) is 14.9 Å². The summed E-state index contributed by atoms with van der Waals surface area (Å²) in [6, 6.07) is 22.4. The number of benzene rings is 3. The van der Waals surface area contributed by atoms with E-state index < -0.39 is 17.8 Å². The molecule has 168 valence electrons. The van der Waals surface area contributed by atoms with E-state index in [1.807, 2.05) is 55.6 Å². The Morgan fingerprint density at radius 3 is 2.44 bits per heavy atom. The number of carbonyl (C=O) groups is 3. The third-order valence-corrected chi connectivity index (χ3v) is 6.08. The lowest BCUT2D eigenvalue weighted by molar-refractivity contribution is -0.122. The summed E-state index contributed by atoms with van der Waals surface area (Å²) in [5.41, 5.74) is 5.34. The second-order valence-electron chi connectivity index (χ2n) is 8.45. The second-order valence-corrected chi connectivity index (χ2v) is 8.45. The number of aromatic nitrogens is 1. The molecule has 2 heterocycles. The molecule has 1 fully saturated rings. The molecule has 0 unspecified atom stereocenters. The molecule has 1 saturated heterocycles. The van der Waals surface area contributed by atoms with Gasteiger partial charge >= 0.3 is 6.03 Å². The van der Waals surface area contributed by atoms with Crippen molar-refractivity contribution in [1.82, 2.24) is 9.88 Å². The fourth-order valence-electron chi connectivity index (χ4n) is 4.31. The Morgan fingerprint density at radius 2 is 1.65 bits per heavy atom. The van der Waals surface area contributed by atoms with Crippen LogP contribution in [-0.2, 0) is 16.1 Å². The minimum Gasteiger partial charge on any atom is -0.342 e. The molecular formula is C28H23N3O3. The van der Waals surface area contributed by atoms with Crippen LogP contribution in [0.15, 0.2) is 84.6 Å². The van der Waals surface area contributed by atoms with Crippen LogP contribution >= 0.6 is 0 Å². The number of nitrogens with zero attached hydrogens (tertiary/aromatic N) is 2. The number of hydrogen-bond donors (Lipinski definition) is 1. The van der Waals surface area contributed by atoms with Gasteiger partial charge in [-0.2, -0.15) is 0 Å². The van der Waals surface area contributed by atoms with Gasteiger partial charge in [0.05, 0.1) is 5.69 Å². The number of barbiturate groups is 1. The summed E-state index contributed by atoms with van der Waals surface area (Å²) in [7, 11) is 0. The van der Waals surface area contributed by atoms with Crippen molar-refractivity contribution in [1.29, 1.82) is 0 Å². The summed E-state index contributed by atoms with van der Waals surface area (Å²) in [6.45, 7) is 4.61. The Morgan fingerprint density at radius 1 is 0.882 bits per heavy atom. The van der Waals surface area contributed by atoms with Crippen molar-refractivity contribution >= 4 is 40.5 Å². The standard InChI is InChI=1S/C28H23N3O3/c1-18-8-7-11-22(14-18)31-27(33)24(26(32)29-28(31)34)15-21-17-30(25-13-6-5-12-23(21)25)16-20-10-4-3-9-19(20)2/h3-15,17H,16H2,1-2H3,(H,29,32,34)/b24-15+. The molecule has 4 aromatic rings. The highest BCUT2D eigenvalue weighted by atomic mass is 16.2. The lowest BCUT2D eigenvalue weighted by Crippen LogP contribution is -2.54. The molecule has 0 radical (unpaired) electrons. The molecule has 0 bridgehead atoms. The number of fused-ring (bicyclic) bond motifs is 1. The highest BCUT2D eigenvalue weighted by Crippen LogP contribution is 2.27. The maximum Gasteiger partial charge on any atom is 0.335 e. The van der Waals surface area contributed by atoms with E-state index in [2.05, 4.69) is 28.9 Å². The zero-order chi connectivity index (χ0) is 23.8. The molecule has 0 spiro atoms. The molecule has 3 aromatic carbocycles. The van der Waals surface area contributed by atoms with Crippen molar-refractivity contribution in [3.63, 3.8) is 0 Å². The number of amides is 4. The van der Waals surface area contributed by atoms with Gasteiger partial charge in [0, 0.05) is 29.2 Å². The van der Waals surface area contributed by atoms with Gasteiger partial charge in [0.2, 0.25) is 0 Å². The van der Waals surface area contributed by atoms with Gasteiger partial charge in [-0.1, -0.05) is 54.6 Å². The predicted molar refractivity (Wildman–Crippen MR) is 132 cm³/mol. The van der Waals surface area contributed by atoms with Crippen molar-refractivity contribution in [3.8, 4) is 0 Å². The number of aryl methyl sites for hydroxylation is 2. The van der Waals surface area contributed by atoms with E-state index in [9.17, 15) is 14.4 Å². The molecular weight excluding hydrogens is 426 g/mol. The maximum atomic E-state index is 13.3. The predicted octanol–water partition coefficient (Wildman–Crippen LogP) is 4.97. The molecule has 1 aromatic heterocycles. The molecule has 0 aliphatic carbocycles. The summed E-state index contributed by atoms with van der Waals surface area (Å²) < 4.78 is 2.11. The van der Waals surface area contributed by atoms with Gasteiger partial charge in [-0.05, 0) is 54.8 Å². The number of rotatable bonds is 4.